The van der Waals surface area contributed by atoms with Crippen molar-refractivity contribution in [2.45, 2.75) is 50.0 Å². The van der Waals surface area contributed by atoms with Gasteiger partial charge in [0.1, 0.15) is 12.2 Å². The second kappa shape index (κ2) is 7.22. The summed E-state index contributed by atoms with van der Waals surface area (Å²) in [5.41, 5.74) is 0. The molecule has 0 aromatic carbocycles. The van der Waals surface area contributed by atoms with Gasteiger partial charge < -0.3 is 14.2 Å². The first kappa shape index (κ1) is 23.0. The summed E-state index contributed by atoms with van der Waals surface area (Å²) >= 11 is 0. The van der Waals surface area contributed by atoms with E-state index in [0.717, 1.165) is 19.3 Å². The molecule has 196 valence electrons. The van der Waals surface area contributed by atoms with E-state index in [1.165, 1.54) is 0 Å². The van der Waals surface area contributed by atoms with Crippen LogP contribution in [0, 0.1) is 65.1 Å². The molecule has 13 unspecified atom stereocenters. The normalized spacial score (nSPS) is 49.0. The van der Waals surface area contributed by atoms with Crippen molar-refractivity contribution in [3.63, 3.8) is 0 Å². The minimum Gasteiger partial charge on any atom is -0.459 e. The molecule has 7 aliphatic rings. The number of allylic oxidation sites excluding steroid dienone is 2. The van der Waals surface area contributed by atoms with E-state index in [1.54, 1.807) is 0 Å². The van der Waals surface area contributed by atoms with E-state index in [-0.39, 0.29) is 24.2 Å². The minimum absolute atomic E-state index is 0.232. The van der Waals surface area contributed by atoms with E-state index < -0.39 is 66.5 Å². The maximum Gasteiger partial charge on any atom is 0.456 e. The van der Waals surface area contributed by atoms with Crippen LogP contribution in [0.15, 0.2) is 12.2 Å². The second-order valence-electron chi connectivity index (χ2n) is 11.8. The van der Waals surface area contributed by atoms with Gasteiger partial charge in [0.25, 0.3) is 0 Å². The fourth-order valence-corrected chi connectivity index (χ4v) is 9.32. The van der Waals surface area contributed by atoms with E-state index in [1.807, 2.05) is 0 Å². The molecule has 11 heteroatoms. The first-order valence-corrected chi connectivity index (χ1v) is 12.7. The molecular formula is C25H25F5O6. The number of ether oxygens (including phenoxy) is 3. The summed E-state index contributed by atoms with van der Waals surface area (Å²) in [6.45, 7) is -2.16. The molecule has 6 bridgehead atoms. The molecule has 0 aromatic heterocycles. The molecule has 7 rings (SSSR count). The van der Waals surface area contributed by atoms with Gasteiger partial charge in [-0.1, -0.05) is 12.2 Å². The Morgan fingerprint density at radius 2 is 1.64 bits per heavy atom. The average molecular weight is 516 g/mol. The lowest BCUT2D eigenvalue weighted by Crippen LogP contribution is -2.47. The highest BCUT2D eigenvalue weighted by atomic mass is 19.4. The molecule has 13 atom stereocenters. The number of rotatable bonds is 5. The molecule has 1 saturated heterocycles. The number of carbonyl (C=O) groups excluding carboxylic acids is 3. The largest absolute Gasteiger partial charge is 0.459 e. The van der Waals surface area contributed by atoms with Crippen molar-refractivity contribution >= 4 is 17.9 Å². The number of hydrogen-bond donors (Lipinski definition) is 0. The first-order chi connectivity index (χ1) is 17.0. The van der Waals surface area contributed by atoms with Crippen LogP contribution in [0.1, 0.15) is 25.7 Å². The SMILES string of the molecule is O=C(OC1C2CC3C1OC(=O)C3C2C(=O)OCC(F)(F)C(F)(F)F)C1CC2CC1C1C3C=CC(C3)C21. The Bertz CT molecular complexity index is 1060. The molecule has 5 saturated carbocycles. The fraction of sp³-hybridized carbons (Fsp3) is 0.800. The van der Waals surface area contributed by atoms with Crippen LogP contribution in [-0.2, 0) is 28.6 Å². The molecule has 0 amide bonds. The van der Waals surface area contributed by atoms with Gasteiger partial charge in [0.15, 0.2) is 6.61 Å². The predicted octanol–water partition coefficient (Wildman–Crippen LogP) is 3.54. The summed E-state index contributed by atoms with van der Waals surface area (Å²) in [7, 11) is 0. The Hall–Kier alpha value is -2.20. The number of alkyl halides is 5. The third-order valence-electron chi connectivity index (χ3n) is 10.5. The van der Waals surface area contributed by atoms with Crippen LogP contribution in [0.2, 0.25) is 0 Å². The molecule has 6 nitrogen and oxygen atoms in total. The van der Waals surface area contributed by atoms with Gasteiger partial charge in [-0.05, 0) is 61.2 Å². The van der Waals surface area contributed by atoms with Crippen LogP contribution in [0.4, 0.5) is 22.0 Å². The Kier molecular flexibility index (Phi) is 4.60. The average Bonchev–Trinajstić information content (AvgIpc) is 3.63. The predicted molar refractivity (Wildman–Crippen MR) is 108 cm³/mol. The molecule has 0 aromatic rings. The van der Waals surface area contributed by atoms with Crippen molar-refractivity contribution in [1.82, 2.24) is 0 Å². The Morgan fingerprint density at radius 1 is 0.917 bits per heavy atom. The molecule has 36 heavy (non-hydrogen) atoms. The monoisotopic (exact) mass is 516 g/mol. The van der Waals surface area contributed by atoms with Crippen molar-refractivity contribution in [2.24, 2.45) is 65.1 Å². The molecule has 6 aliphatic carbocycles. The van der Waals surface area contributed by atoms with Crippen molar-refractivity contribution < 1.29 is 50.5 Å². The third-order valence-corrected chi connectivity index (χ3v) is 10.5. The van der Waals surface area contributed by atoms with Gasteiger partial charge in [0.2, 0.25) is 0 Å². The molecule has 0 spiro atoms. The van der Waals surface area contributed by atoms with Gasteiger partial charge in [-0.2, -0.15) is 22.0 Å². The van der Waals surface area contributed by atoms with Gasteiger partial charge >= 0.3 is 30.0 Å². The number of carbonyl (C=O) groups is 3. The zero-order valence-corrected chi connectivity index (χ0v) is 19.0. The van der Waals surface area contributed by atoms with Gasteiger partial charge in [-0.15, -0.1) is 0 Å². The van der Waals surface area contributed by atoms with Gasteiger partial charge in [-0.25, -0.2) is 0 Å². The lowest BCUT2D eigenvalue weighted by atomic mass is 9.69. The van der Waals surface area contributed by atoms with Crippen LogP contribution in [0.3, 0.4) is 0 Å². The van der Waals surface area contributed by atoms with E-state index in [0.29, 0.717) is 29.6 Å². The smallest absolute Gasteiger partial charge is 0.456 e. The summed E-state index contributed by atoms with van der Waals surface area (Å²) in [4.78, 5) is 38.4. The lowest BCUT2D eigenvalue weighted by molar-refractivity contribution is -0.294. The third kappa shape index (κ3) is 2.91. The summed E-state index contributed by atoms with van der Waals surface area (Å²) in [5, 5.41) is 0. The number of fused-ring (bicyclic) bond motifs is 10. The number of esters is 3. The molecule has 6 fully saturated rings. The fourth-order valence-electron chi connectivity index (χ4n) is 9.32. The van der Waals surface area contributed by atoms with Crippen molar-refractivity contribution in [3.05, 3.63) is 12.2 Å². The number of halogens is 5. The van der Waals surface area contributed by atoms with E-state index in [2.05, 4.69) is 16.9 Å². The Balaban J connectivity index is 1.06. The van der Waals surface area contributed by atoms with Crippen LogP contribution < -0.4 is 0 Å². The van der Waals surface area contributed by atoms with Gasteiger partial charge in [-0.3, -0.25) is 14.4 Å². The molecule has 1 aliphatic heterocycles. The molecule has 0 N–H and O–H groups in total. The molecule has 1 heterocycles. The zero-order valence-electron chi connectivity index (χ0n) is 19.0. The summed E-state index contributed by atoms with van der Waals surface area (Å²) in [5.74, 6) is -8.43. The Labute approximate surface area is 202 Å². The van der Waals surface area contributed by atoms with Crippen LogP contribution in [0.25, 0.3) is 0 Å². The molecule has 0 radical (unpaired) electrons. The maximum atomic E-state index is 13.3. The van der Waals surface area contributed by atoms with Gasteiger partial charge in [0.05, 0.1) is 17.8 Å². The zero-order chi connectivity index (χ0) is 25.3. The van der Waals surface area contributed by atoms with E-state index in [4.69, 9.17) is 9.47 Å². The maximum absolute atomic E-state index is 13.3. The Morgan fingerprint density at radius 3 is 2.36 bits per heavy atom. The van der Waals surface area contributed by atoms with Gasteiger partial charge in [0, 0.05) is 11.8 Å². The van der Waals surface area contributed by atoms with Crippen LogP contribution in [0.5, 0.6) is 0 Å². The van der Waals surface area contributed by atoms with Crippen LogP contribution >= 0.6 is 0 Å². The summed E-state index contributed by atoms with van der Waals surface area (Å²) in [6, 6.07) is 0. The van der Waals surface area contributed by atoms with Crippen molar-refractivity contribution in [2.75, 3.05) is 6.61 Å². The quantitative estimate of drug-likeness (QED) is 0.183. The number of hydrogen-bond acceptors (Lipinski definition) is 6. The topological polar surface area (TPSA) is 78.9 Å². The molecular weight excluding hydrogens is 491 g/mol. The van der Waals surface area contributed by atoms with E-state index in [9.17, 15) is 36.3 Å². The summed E-state index contributed by atoms with van der Waals surface area (Å²) < 4.78 is 79.8. The van der Waals surface area contributed by atoms with Crippen molar-refractivity contribution in [1.29, 1.82) is 0 Å². The highest BCUT2D eigenvalue weighted by Gasteiger charge is 2.71. The standard InChI is InChI=1S/C25H25F5O6/c26-24(27,25(28,29)30)7-34-22(32)17-13-6-14-18(17)23(33)36-20(14)19(13)35-21(31)12-5-10-4-11(12)16-9-2-1-8(3-9)15(10)16/h1-2,8-20H,3-7H2. The highest BCUT2D eigenvalue weighted by Crippen LogP contribution is 2.67. The lowest BCUT2D eigenvalue weighted by Gasteiger charge is -2.37. The highest BCUT2D eigenvalue weighted by molar-refractivity contribution is 5.86. The van der Waals surface area contributed by atoms with Crippen LogP contribution in [-0.4, -0.2) is 48.8 Å². The minimum atomic E-state index is -5.87. The van der Waals surface area contributed by atoms with E-state index >= 15 is 0 Å². The first-order valence-electron chi connectivity index (χ1n) is 12.7. The van der Waals surface area contributed by atoms with Crippen molar-refractivity contribution in [3.8, 4) is 0 Å². The second-order valence-corrected chi connectivity index (χ2v) is 11.8. The summed E-state index contributed by atoms with van der Waals surface area (Å²) in [6.07, 6.45) is 0.209.